The fraction of sp³-hybridized carbons (Fsp3) is 0.538. The molecule has 22 heavy (non-hydrogen) atoms. The first kappa shape index (κ1) is 18.5. The molecule has 0 aliphatic carbocycles. The van der Waals surface area contributed by atoms with E-state index in [2.05, 4.69) is 15.6 Å². The molecule has 1 amide bonds. The summed E-state index contributed by atoms with van der Waals surface area (Å²) in [5.41, 5.74) is 4.29. The van der Waals surface area contributed by atoms with Crippen LogP contribution in [0.1, 0.15) is 25.8 Å². The molecule has 0 aliphatic heterocycles. The minimum absolute atomic E-state index is 0.0987. The highest BCUT2D eigenvalue weighted by Crippen LogP contribution is 2.32. The van der Waals surface area contributed by atoms with Crippen LogP contribution in [0.25, 0.3) is 0 Å². The number of rotatable bonds is 6. The van der Waals surface area contributed by atoms with E-state index in [1.165, 1.54) is 0 Å². The Morgan fingerprint density at radius 3 is 2.55 bits per heavy atom. The number of hydrogen-bond acceptors (Lipinski definition) is 4. The minimum atomic E-state index is -4.50. The van der Waals surface area contributed by atoms with Crippen molar-refractivity contribution in [3.8, 4) is 0 Å². The van der Waals surface area contributed by atoms with E-state index >= 15 is 0 Å². The van der Waals surface area contributed by atoms with Gasteiger partial charge in [0.15, 0.2) is 0 Å². The molecule has 0 saturated heterocycles. The molecule has 5 nitrogen and oxygen atoms in total. The van der Waals surface area contributed by atoms with Gasteiger partial charge in [0.1, 0.15) is 5.82 Å². The van der Waals surface area contributed by atoms with E-state index in [0.29, 0.717) is 12.7 Å². The number of aromatic nitrogens is 1. The van der Waals surface area contributed by atoms with Gasteiger partial charge in [0, 0.05) is 31.2 Å². The molecule has 0 aromatic carbocycles. The fourth-order valence-electron chi connectivity index (χ4n) is 1.43. The second-order valence-corrected chi connectivity index (χ2v) is 5.90. The van der Waals surface area contributed by atoms with Gasteiger partial charge in [0.25, 0.3) is 0 Å². The molecule has 0 aliphatic rings. The number of amides is 1. The Bertz CT molecular complexity index is 529. The lowest BCUT2D eigenvalue weighted by Gasteiger charge is -2.19. The molecule has 0 fully saturated rings. The average Bonchev–Trinajstić information content (AvgIpc) is 2.36. The first-order valence-corrected chi connectivity index (χ1v) is 6.89. The third-order valence-corrected chi connectivity index (χ3v) is 2.84. The smallest absolute Gasteiger partial charge is 0.368 e. The summed E-state index contributed by atoms with van der Waals surface area (Å²) in [6, 6.07) is 0.786. The summed E-state index contributed by atoms with van der Waals surface area (Å²) in [5, 5.41) is 5.21. The zero-order chi connectivity index (χ0) is 17.0. The van der Waals surface area contributed by atoms with Crippen molar-refractivity contribution in [3.05, 3.63) is 22.8 Å². The maximum atomic E-state index is 12.5. The molecule has 0 atom stereocenters. The van der Waals surface area contributed by atoms with Gasteiger partial charge < -0.3 is 16.4 Å². The number of carbonyl (C=O) groups excluding carboxylic acids is 1. The predicted octanol–water partition coefficient (Wildman–Crippen LogP) is 2.41. The number of nitrogens with zero attached hydrogens (tertiary/aromatic N) is 1. The number of nitrogens with one attached hydrogen (secondary N) is 2. The molecule has 0 bridgehead atoms. The Kier molecular flexibility index (Phi) is 6.01. The monoisotopic (exact) mass is 338 g/mol. The number of nitrogens with two attached hydrogens (primary N) is 1. The van der Waals surface area contributed by atoms with Crippen LogP contribution in [0.15, 0.2) is 12.3 Å². The second-order valence-electron chi connectivity index (χ2n) is 5.49. The molecule has 124 valence electrons. The van der Waals surface area contributed by atoms with Crippen LogP contribution in [-0.4, -0.2) is 29.5 Å². The van der Waals surface area contributed by atoms with Crippen LogP contribution in [0.3, 0.4) is 0 Å². The maximum absolute atomic E-state index is 12.5. The third kappa shape index (κ3) is 6.48. The predicted molar refractivity (Wildman–Crippen MR) is 78.6 cm³/mol. The molecule has 0 unspecified atom stereocenters. The van der Waals surface area contributed by atoms with E-state index in [4.69, 9.17) is 17.3 Å². The van der Waals surface area contributed by atoms with Gasteiger partial charge in [-0.3, -0.25) is 4.79 Å². The molecule has 0 radical (unpaired) electrons. The van der Waals surface area contributed by atoms with Crippen molar-refractivity contribution in [2.45, 2.75) is 32.0 Å². The number of pyridine rings is 1. The SMILES string of the molecule is CC(C)(N)CNC(=O)CCNc1ncc(C(F)(F)F)cc1Cl. The molecule has 1 rings (SSSR count). The summed E-state index contributed by atoms with van der Waals surface area (Å²) in [4.78, 5) is 15.2. The highest BCUT2D eigenvalue weighted by molar-refractivity contribution is 6.32. The van der Waals surface area contributed by atoms with Crippen LogP contribution in [0.4, 0.5) is 19.0 Å². The van der Waals surface area contributed by atoms with E-state index in [9.17, 15) is 18.0 Å². The largest absolute Gasteiger partial charge is 0.417 e. The molecule has 1 heterocycles. The molecule has 0 saturated carbocycles. The number of hydrogen-bond donors (Lipinski definition) is 3. The molecular formula is C13H18ClF3N4O. The van der Waals surface area contributed by atoms with Crippen molar-refractivity contribution in [1.29, 1.82) is 0 Å². The molecule has 1 aromatic heterocycles. The lowest BCUT2D eigenvalue weighted by molar-refractivity contribution is -0.137. The van der Waals surface area contributed by atoms with Crippen LogP contribution in [0, 0.1) is 0 Å². The molecular weight excluding hydrogens is 321 g/mol. The number of halogens is 4. The lowest BCUT2D eigenvalue weighted by Crippen LogP contribution is -2.45. The Morgan fingerprint density at radius 2 is 2.05 bits per heavy atom. The van der Waals surface area contributed by atoms with E-state index < -0.39 is 17.3 Å². The number of anilines is 1. The summed E-state index contributed by atoms with van der Waals surface area (Å²) in [5.74, 6) is -0.129. The van der Waals surface area contributed by atoms with Gasteiger partial charge in [0.2, 0.25) is 5.91 Å². The second kappa shape index (κ2) is 7.15. The fourth-order valence-corrected chi connectivity index (χ4v) is 1.67. The Morgan fingerprint density at radius 1 is 1.41 bits per heavy atom. The average molecular weight is 339 g/mol. The van der Waals surface area contributed by atoms with Crippen LogP contribution < -0.4 is 16.4 Å². The quantitative estimate of drug-likeness (QED) is 0.744. The van der Waals surface area contributed by atoms with Crippen molar-refractivity contribution >= 4 is 23.3 Å². The maximum Gasteiger partial charge on any atom is 0.417 e. The topological polar surface area (TPSA) is 80.0 Å². The minimum Gasteiger partial charge on any atom is -0.368 e. The standard InChI is InChI=1S/C13H18ClF3N4O/c1-12(2,18)7-21-10(22)3-4-19-11-9(14)5-8(6-20-11)13(15,16)17/h5-6H,3-4,7,18H2,1-2H3,(H,19,20)(H,21,22). The van der Waals surface area contributed by atoms with Crippen molar-refractivity contribution in [3.63, 3.8) is 0 Å². The van der Waals surface area contributed by atoms with Gasteiger partial charge >= 0.3 is 6.18 Å². The number of alkyl halides is 3. The highest BCUT2D eigenvalue weighted by Gasteiger charge is 2.31. The summed E-state index contributed by atoms with van der Waals surface area (Å²) in [6.07, 6.45) is -3.69. The van der Waals surface area contributed by atoms with Crippen LogP contribution >= 0.6 is 11.6 Å². The van der Waals surface area contributed by atoms with Gasteiger partial charge in [-0.05, 0) is 19.9 Å². The molecule has 4 N–H and O–H groups in total. The summed E-state index contributed by atoms with van der Waals surface area (Å²) >= 11 is 5.73. The zero-order valence-corrected chi connectivity index (χ0v) is 13.0. The van der Waals surface area contributed by atoms with Gasteiger partial charge in [-0.1, -0.05) is 11.6 Å². The lowest BCUT2D eigenvalue weighted by atomic mass is 10.1. The van der Waals surface area contributed by atoms with E-state index in [-0.39, 0.29) is 29.7 Å². The number of carbonyl (C=O) groups is 1. The Hall–Kier alpha value is -1.54. The summed E-state index contributed by atoms with van der Waals surface area (Å²) in [6.45, 7) is 4.06. The van der Waals surface area contributed by atoms with Gasteiger partial charge in [-0.2, -0.15) is 13.2 Å². The van der Waals surface area contributed by atoms with Crippen molar-refractivity contribution in [1.82, 2.24) is 10.3 Å². The van der Waals surface area contributed by atoms with Gasteiger partial charge in [0.05, 0.1) is 10.6 Å². The first-order valence-electron chi connectivity index (χ1n) is 6.51. The molecule has 1 aromatic rings. The van der Waals surface area contributed by atoms with Crippen LogP contribution in [0.2, 0.25) is 5.02 Å². The van der Waals surface area contributed by atoms with E-state index in [1.54, 1.807) is 13.8 Å². The zero-order valence-electron chi connectivity index (χ0n) is 12.2. The first-order chi connectivity index (χ1) is 9.99. The van der Waals surface area contributed by atoms with E-state index in [0.717, 1.165) is 6.07 Å². The van der Waals surface area contributed by atoms with Crippen LogP contribution in [0.5, 0.6) is 0 Å². The highest BCUT2D eigenvalue weighted by atomic mass is 35.5. The van der Waals surface area contributed by atoms with Crippen molar-refractivity contribution < 1.29 is 18.0 Å². The van der Waals surface area contributed by atoms with Gasteiger partial charge in [-0.25, -0.2) is 4.98 Å². The van der Waals surface area contributed by atoms with E-state index in [1.807, 2.05) is 0 Å². The van der Waals surface area contributed by atoms with Crippen LogP contribution in [-0.2, 0) is 11.0 Å². The van der Waals surface area contributed by atoms with Gasteiger partial charge in [-0.15, -0.1) is 0 Å². The Labute approximate surface area is 131 Å². The third-order valence-electron chi connectivity index (χ3n) is 2.55. The normalized spacial score (nSPS) is 12.1. The molecule has 0 spiro atoms. The molecule has 9 heteroatoms. The Balaban J connectivity index is 2.47. The summed E-state index contributed by atoms with van der Waals surface area (Å²) < 4.78 is 37.4. The summed E-state index contributed by atoms with van der Waals surface area (Å²) in [7, 11) is 0. The van der Waals surface area contributed by atoms with Crippen molar-refractivity contribution in [2.24, 2.45) is 5.73 Å². The van der Waals surface area contributed by atoms with Crippen molar-refractivity contribution in [2.75, 3.05) is 18.4 Å².